The number of anilines is 2. The molecule has 0 aliphatic carbocycles. The minimum atomic E-state index is -0.371. The fourth-order valence-electron chi connectivity index (χ4n) is 3.52. The summed E-state index contributed by atoms with van der Waals surface area (Å²) < 4.78 is 5.48. The molecule has 1 fully saturated rings. The third-order valence-corrected chi connectivity index (χ3v) is 5.19. The Hall–Kier alpha value is -3.06. The van der Waals surface area contributed by atoms with E-state index in [0.29, 0.717) is 27.7 Å². The van der Waals surface area contributed by atoms with Crippen molar-refractivity contribution in [1.82, 2.24) is 4.90 Å². The van der Waals surface area contributed by atoms with E-state index in [1.54, 1.807) is 47.4 Å². The van der Waals surface area contributed by atoms with E-state index in [1.807, 2.05) is 0 Å². The monoisotopic (exact) mass is 413 g/mol. The molecule has 7 nitrogen and oxygen atoms in total. The quantitative estimate of drug-likeness (QED) is 0.835. The van der Waals surface area contributed by atoms with Crippen LogP contribution >= 0.6 is 11.6 Å². The van der Waals surface area contributed by atoms with Gasteiger partial charge in [-0.3, -0.25) is 19.3 Å². The van der Waals surface area contributed by atoms with Crippen molar-refractivity contribution < 1.29 is 19.1 Å². The number of nitrogens with one attached hydrogen (secondary N) is 1. The summed E-state index contributed by atoms with van der Waals surface area (Å²) in [5.74, 6) is -0.320. The first-order chi connectivity index (χ1) is 14.0. The van der Waals surface area contributed by atoms with Crippen molar-refractivity contribution in [2.45, 2.75) is 12.8 Å². The Labute approximate surface area is 173 Å². The predicted octanol–water partition coefficient (Wildman–Crippen LogP) is 2.94. The van der Waals surface area contributed by atoms with Crippen LogP contribution in [0.3, 0.4) is 0 Å². The molecular formula is C21H20ClN3O4. The lowest BCUT2D eigenvalue weighted by atomic mass is 10.1. The maximum Gasteiger partial charge on any atom is 0.265 e. The second-order valence-electron chi connectivity index (χ2n) is 7.01. The highest BCUT2D eigenvalue weighted by Gasteiger charge is 2.29. The van der Waals surface area contributed by atoms with Crippen LogP contribution in [0.2, 0.25) is 5.02 Å². The number of fused-ring (bicyclic) bond motifs is 1. The Kier molecular flexibility index (Phi) is 5.40. The molecule has 0 aromatic heterocycles. The van der Waals surface area contributed by atoms with Crippen molar-refractivity contribution >= 4 is 40.7 Å². The molecule has 2 aromatic rings. The molecular weight excluding hydrogens is 394 g/mol. The Bertz CT molecular complexity index is 972. The highest BCUT2D eigenvalue weighted by atomic mass is 35.5. The molecule has 1 N–H and O–H groups in total. The molecule has 8 heteroatoms. The van der Waals surface area contributed by atoms with Gasteiger partial charge in [0, 0.05) is 29.4 Å². The number of rotatable bonds is 4. The summed E-state index contributed by atoms with van der Waals surface area (Å²) >= 11 is 5.94. The number of amides is 3. The van der Waals surface area contributed by atoms with Crippen LogP contribution in [-0.2, 0) is 9.59 Å². The van der Waals surface area contributed by atoms with E-state index in [9.17, 15) is 14.4 Å². The van der Waals surface area contributed by atoms with Gasteiger partial charge in [-0.2, -0.15) is 0 Å². The lowest BCUT2D eigenvalue weighted by Crippen LogP contribution is -2.43. The highest BCUT2D eigenvalue weighted by Crippen LogP contribution is 2.33. The summed E-state index contributed by atoms with van der Waals surface area (Å²) in [5.41, 5.74) is 1.44. The Balaban J connectivity index is 1.55. The first kappa shape index (κ1) is 19.3. The lowest BCUT2D eigenvalue weighted by Gasteiger charge is -2.29. The zero-order chi connectivity index (χ0) is 20.4. The summed E-state index contributed by atoms with van der Waals surface area (Å²) in [7, 11) is 0. The average Bonchev–Trinajstić information content (AvgIpc) is 3.24. The van der Waals surface area contributed by atoms with Crippen LogP contribution in [0.5, 0.6) is 5.75 Å². The number of hydrogen-bond donors (Lipinski definition) is 1. The largest absolute Gasteiger partial charge is 0.482 e. The van der Waals surface area contributed by atoms with Gasteiger partial charge in [0.2, 0.25) is 5.91 Å². The molecule has 2 aromatic carbocycles. The molecule has 0 saturated carbocycles. The van der Waals surface area contributed by atoms with Crippen LogP contribution in [0.25, 0.3) is 0 Å². The number of benzene rings is 2. The van der Waals surface area contributed by atoms with E-state index < -0.39 is 0 Å². The first-order valence-electron chi connectivity index (χ1n) is 9.43. The highest BCUT2D eigenvalue weighted by molar-refractivity contribution is 6.30. The standard InChI is InChI=1S/C21H20ClN3O4/c22-15-4-3-5-16(11-15)23-19(26)12-25-17-10-14(21(28)24-8-1-2-9-24)6-7-18(17)29-13-20(25)27/h3-7,10-11H,1-2,8-9,12-13H2,(H,23,26). The minimum absolute atomic E-state index is 0.0772. The van der Waals surface area contributed by atoms with Gasteiger partial charge >= 0.3 is 0 Å². The summed E-state index contributed by atoms with van der Waals surface area (Å²) in [6, 6.07) is 11.8. The molecule has 0 bridgehead atoms. The Morgan fingerprint density at radius 2 is 1.90 bits per heavy atom. The van der Waals surface area contributed by atoms with E-state index in [1.165, 1.54) is 4.90 Å². The number of nitrogens with zero attached hydrogens (tertiary/aromatic N) is 2. The van der Waals surface area contributed by atoms with Gasteiger partial charge in [0.25, 0.3) is 11.8 Å². The second kappa shape index (κ2) is 8.13. The molecule has 1 saturated heterocycles. The molecule has 2 aliphatic heterocycles. The summed E-state index contributed by atoms with van der Waals surface area (Å²) in [6.45, 7) is 1.12. The summed E-state index contributed by atoms with van der Waals surface area (Å²) in [4.78, 5) is 40.8. The van der Waals surface area contributed by atoms with Crippen molar-refractivity contribution in [1.29, 1.82) is 0 Å². The van der Waals surface area contributed by atoms with Crippen molar-refractivity contribution in [3.05, 3.63) is 53.1 Å². The van der Waals surface area contributed by atoms with Gasteiger partial charge in [-0.15, -0.1) is 0 Å². The third-order valence-electron chi connectivity index (χ3n) is 4.95. The molecule has 0 unspecified atom stereocenters. The predicted molar refractivity (Wildman–Crippen MR) is 110 cm³/mol. The smallest absolute Gasteiger partial charge is 0.265 e. The number of ether oxygens (including phenoxy) is 1. The van der Waals surface area contributed by atoms with Crippen molar-refractivity contribution in [2.24, 2.45) is 0 Å². The first-order valence-corrected chi connectivity index (χ1v) is 9.81. The van der Waals surface area contributed by atoms with E-state index in [2.05, 4.69) is 5.32 Å². The van der Waals surface area contributed by atoms with E-state index in [0.717, 1.165) is 25.9 Å². The minimum Gasteiger partial charge on any atom is -0.482 e. The van der Waals surface area contributed by atoms with Crippen LogP contribution < -0.4 is 15.0 Å². The van der Waals surface area contributed by atoms with Gasteiger partial charge in [0.1, 0.15) is 12.3 Å². The average molecular weight is 414 g/mol. The van der Waals surface area contributed by atoms with Gasteiger partial charge in [0.15, 0.2) is 6.61 Å². The Morgan fingerprint density at radius 1 is 1.10 bits per heavy atom. The lowest BCUT2D eigenvalue weighted by molar-refractivity contribution is -0.123. The normalized spacial score (nSPS) is 15.7. The van der Waals surface area contributed by atoms with E-state index >= 15 is 0 Å². The number of hydrogen-bond acceptors (Lipinski definition) is 4. The van der Waals surface area contributed by atoms with Crippen LogP contribution in [0.4, 0.5) is 11.4 Å². The van der Waals surface area contributed by atoms with Crippen molar-refractivity contribution in [3.8, 4) is 5.75 Å². The maximum absolute atomic E-state index is 12.7. The van der Waals surface area contributed by atoms with Crippen molar-refractivity contribution in [2.75, 3.05) is 36.5 Å². The molecule has 0 atom stereocenters. The summed E-state index contributed by atoms with van der Waals surface area (Å²) in [6.07, 6.45) is 1.99. The van der Waals surface area contributed by atoms with Crippen LogP contribution in [0, 0.1) is 0 Å². The number of carbonyl (C=O) groups is 3. The van der Waals surface area contributed by atoms with Gasteiger partial charge in [0.05, 0.1) is 5.69 Å². The zero-order valence-electron chi connectivity index (χ0n) is 15.7. The maximum atomic E-state index is 12.7. The number of carbonyl (C=O) groups excluding carboxylic acids is 3. The molecule has 4 rings (SSSR count). The number of halogens is 1. The van der Waals surface area contributed by atoms with Crippen LogP contribution in [0.1, 0.15) is 23.2 Å². The van der Waals surface area contributed by atoms with Gasteiger partial charge in [-0.25, -0.2) is 0 Å². The molecule has 3 amide bonds. The molecule has 2 aliphatic rings. The summed E-state index contributed by atoms with van der Waals surface area (Å²) in [5, 5.41) is 3.23. The molecule has 2 heterocycles. The van der Waals surface area contributed by atoms with Crippen molar-refractivity contribution in [3.63, 3.8) is 0 Å². The van der Waals surface area contributed by atoms with Gasteiger partial charge in [-0.05, 0) is 49.2 Å². The van der Waals surface area contributed by atoms with Gasteiger partial charge < -0.3 is 15.0 Å². The zero-order valence-corrected chi connectivity index (χ0v) is 16.4. The van der Waals surface area contributed by atoms with Gasteiger partial charge in [-0.1, -0.05) is 17.7 Å². The molecule has 150 valence electrons. The van der Waals surface area contributed by atoms with E-state index in [-0.39, 0.29) is 30.9 Å². The Morgan fingerprint density at radius 3 is 2.66 bits per heavy atom. The number of likely N-dealkylation sites (tertiary alicyclic amines) is 1. The molecule has 29 heavy (non-hydrogen) atoms. The fraction of sp³-hybridized carbons (Fsp3) is 0.286. The topological polar surface area (TPSA) is 79.0 Å². The fourth-order valence-corrected chi connectivity index (χ4v) is 3.71. The SMILES string of the molecule is O=C(CN1C(=O)COc2ccc(C(=O)N3CCCC3)cc21)Nc1cccc(Cl)c1. The van der Waals surface area contributed by atoms with Crippen LogP contribution in [-0.4, -0.2) is 48.9 Å². The third kappa shape index (κ3) is 4.19. The molecule has 0 radical (unpaired) electrons. The molecule has 0 spiro atoms. The van der Waals surface area contributed by atoms with E-state index in [4.69, 9.17) is 16.3 Å². The second-order valence-corrected chi connectivity index (χ2v) is 7.45. The van der Waals surface area contributed by atoms with Crippen LogP contribution in [0.15, 0.2) is 42.5 Å².